The number of urea groups is 1. The highest BCUT2D eigenvalue weighted by Crippen LogP contribution is 2.88. The number of fused-ring (bicyclic) bond motifs is 1. The molecule has 3 saturated carbocycles. The van der Waals surface area contributed by atoms with Gasteiger partial charge in [-0.2, -0.15) is 17.0 Å². The molecule has 1 unspecified atom stereocenters. The standard InChI is InChI=1S/C40H70N8O7S/c1-12-14-27(30(49)33(51)41-26-15-16-26)42-32(50)28-23-40(38(8,9)39(40)17-13-18-39)25-48(28)34(52)31(37(5,6)7)44-35(53)43-29(36(2,3)4)24-46(11)56(54,55)47-21-19-45(10)20-22-47/h26-29,31H,12-25H2,1-11H3,(H,41,51)(H,42,50)(H2,43,44,53)/t27?,28-,29+,31+,40+/m0/s1. The summed E-state index contributed by atoms with van der Waals surface area (Å²) in [7, 11) is -0.303. The quantitative estimate of drug-likeness (QED) is 0.193. The molecule has 5 atom stereocenters. The zero-order valence-corrected chi connectivity index (χ0v) is 36.7. The number of ketones is 1. The fraction of sp³-hybridized carbons (Fsp3) is 0.875. The average molecular weight is 807 g/mol. The molecule has 56 heavy (non-hydrogen) atoms. The van der Waals surface area contributed by atoms with Crippen LogP contribution in [0.5, 0.6) is 0 Å². The molecule has 3 aliphatic carbocycles. The van der Waals surface area contributed by atoms with Crippen LogP contribution in [0.25, 0.3) is 0 Å². The van der Waals surface area contributed by atoms with Gasteiger partial charge in [-0.25, -0.2) is 4.79 Å². The molecule has 318 valence electrons. The van der Waals surface area contributed by atoms with Gasteiger partial charge in [0.1, 0.15) is 12.1 Å². The third kappa shape index (κ3) is 8.36. The molecule has 2 spiro atoms. The molecular weight excluding hydrogens is 737 g/mol. The zero-order chi connectivity index (χ0) is 41.8. The Morgan fingerprint density at radius 3 is 1.96 bits per heavy atom. The Morgan fingerprint density at radius 1 is 0.875 bits per heavy atom. The number of hydrogen-bond acceptors (Lipinski definition) is 8. The second-order valence-corrected chi connectivity index (χ2v) is 22.2. The van der Waals surface area contributed by atoms with Crippen molar-refractivity contribution in [3.05, 3.63) is 0 Å². The summed E-state index contributed by atoms with van der Waals surface area (Å²) in [6.07, 6.45) is 6.08. The van der Waals surface area contributed by atoms with Gasteiger partial charge in [-0.15, -0.1) is 0 Å². The second-order valence-electron chi connectivity index (χ2n) is 20.1. The van der Waals surface area contributed by atoms with Crippen molar-refractivity contribution in [3.63, 3.8) is 0 Å². The highest BCUT2D eigenvalue weighted by molar-refractivity contribution is 7.86. The van der Waals surface area contributed by atoms with Gasteiger partial charge in [-0.3, -0.25) is 19.2 Å². The lowest BCUT2D eigenvalue weighted by Gasteiger charge is -2.39. The molecule has 4 N–H and O–H groups in total. The maximum atomic E-state index is 14.9. The van der Waals surface area contributed by atoms with E-state index in [-0.39, 0.29) is 35.3 Å². The minimum atomic E-state index is -3.78. The van der Waals surface area contributed by atoms with E-state index in [1.807, 2.05) is 55.5 Å². The predicted molar refractivity (Wildman–Crippen MR) is 214 cm³/mol. The highest BCUT2D eigenvalue weighted by atomic mass is 32.2. The van der Waals surface area contributed by atoms with Gasteiger partial charge in [0.2, 0.25) is 17.6 Å². The van der Waals surface area contributed by atoms with E-state index in [0.717, 1.165) is 32.1 Å². The Hall–Kier alpha value is -2.82. The van der Waals surface area contributed by atoms with Crippen molar-refractivity contribution in [2.24, 2.45) is 27.1 Å². The number of likely N-dealkylation sites (N-methyl/N-ethyl adjacent to an activating group) is 2. The van der Waals surface area contributed by atoms with Crippen LogP contribution >= 0.6 is 0 Å². The van der Waals surface area contributed by atoms with Crippen molar-refractivity contribution < 1.29 is 32.4 Å². The first-order valence-corrected chi connectivity index (χ1v) is 22.2. The van der Waals surface area contributed by atoms with E-state index >= 15 is 0 Å². The minimum absolute atomic E-state index is 0.00303. The summed E-state index contributed by atoms with van der Waals surface area (Å²) in [5, 5.41) is 11.6. The summed E-state index contributed by atoms with van der Waals surface area (Å²) in [5.41, 5.74) is -1.74. The highest BCUT2D eigenvalue weighted by Gasteiger charge is 2.85. The maximum Gasteiger partial charge on any atom is 0.315 e. The van der Waals surface area contributed by atoms with Gasteiger partial charge in [-0.05, 0) is 67.2 Å². The van der Waals surface area contributed by atoms with Gasteiger partial charge in [-0.1, -0.05) is 75.2 Å². The molecule has 2 heterocycles. The minimum Gasteiger partial charge on any atom is -0.347 e. The van der Waals surface area contributed by atoms with Crippen molar-refractivity contribution in [1.82, 2.24) is 39.7 Å². The van der Waals surface area contributed by atoms with E-state index < -0.39 is 74.7 Å². The molecule has 0 aromatic rings. The third-order valence-corrected chi connectivity index (χ3v) is 16.1. The summed E-state index contributed by atoms with van der Waals surface area (Å²) in [6, 6.07) is -4.19. The van der Waals surface area contributed by atoms with Gasteiger partial charge in [0, 0.05) is 63.8 Å². The number of rotatable bonds is 14. The molecule has 2 saturated heterocycles. The fourth-order valence-electron chi connectivity index (χ4n) is 9.78. The van der Waals surface area contributed by atoms with E-state index in [2.05, 4.69) is 40.0 Å². The molecule has 5 fully saturated rings. The third-order valence-electron chi connectivity index (χ3n) is 14.1. The van der Waals surface area contributed by atoms with Gasteiger partial charge >= 0.3 is 6.03 Å². The summed E-state index contributed by atoms with van der Waals surface area (Å²) < 4.78 is 29.9. The van der Waals surface area contributed by atoms with E-state index in [1.54, 1.807) is 4.90 Å². The first kappa shape index (κ1) is 44.3. The smallest absolute Gasteiger partial charge is 0.315 e. The number of carbonyl (C=O) groups is 5. The molecule has 0 bridgehead atoms. The van der Waals surface area contributed by atoms with Crippen molar-refractivity contribution in [2.45, 2.75) is 144 Å². The first-order valence-electron chi connectivity index (χ1n) is 20.8. The van der Waals surface area contributed by atoms with Gasteiger partial charge in [0.05, 0.1) is 6.04 Å². The fourth-order valence-corrected chi connectivity index (χ4v) is 11.1. The number of likely N-dealkylation sites (tertiary alicyclic amines) is 1. The van der Waals surface area contributed by atoms with E-state index in [0.29, 0.717) is 45.6 Å². The summed E-state index contributed by atoms with van der Waals surface area (Å²) in [6.45, 7) is 20.1. The van der Waals surface area contributed by atoms with Crippen molar-refractivity contribution >= 4 is 39.7 Å². The Morgan fingerprint density at radius 2 is 1.48 bits per heavy atom. The molecule has 5 aliphatic rings. The molecule has 16 heteroatoms. The van der Waals surface area contributed by atoms with E-state index in [4.69, 9.17) is 0 Å². The number of nitrogens with one attached hydrogen (secondary N) is 4. The number of nitrogens with zero attached hydrogens (tertiary/aromatic N) is 4. The van der Waals surface area contributed by atoms with Crippen LogP contribution in [-0.4, -0.2) is 140 Å². The second kappa shape index (κ2) is 15.7. The summed E-state index contributed by atoms with van der Waals surface area (Å²) in [5.74, 6) is -2.23. The van der Waals surface area contributed by atoms with Crippen LogP contribution in [-0.2, 0) is 29.4 Å². The molecule has 0 radical (unpaired) electrons. The monoisotopic (exact) mass is 807 g/mol. The largest absolute Gasteiger partial charge is 0.347 e. The number of piperazine rings is 1. The van der Waals surface area contributed by atoms with Crippen molar-refractivity contribution in [2.75, 3.05) is 53.4 Å². The average Bonchev–Trinajstić information content (AvgIpc) is 3.90. The molecule has 5 amide bonds. The Kier molecular flexibility index (Phi) is 12.4. The van der Waals surface area contributed by atoms with Crippen LogP contribution in [0.4, 0.5) is 4.79 Å². The molecule has 0 aromatic heterocycles. The normalized spacial score (nSPS) is 26.6. The molecule has 15 nitrogen and oxygen atoms in total. The zero-order valence-electron chi connectivity index (χ0n) is 35.8. The first-order chi connectivity index (χ1) is 25.8. The topological polar surface area (TPSA) is 181 Å². The lowest BCUT2D eigenvalue weighted by molar-refractivity contribution is -0.144. The van der Waals surface area contributed by atoms with E-state index in [9.17, 15) is 32.4 Å². The van der Waals surface area contributed by atoms with Crippen molar-refractivity contribution in [3.8, 4) is 0 Å². The van der Waals surface area contributed by atoms with E-state index in [1.165, 1.54) is 15.7 Å². The van der Waals surface area contributed by atoms with Crippen LogP contribution < -0.4 is 21.3 Å². The SMILES string of the molecule is CCCC(NC(=O)[C@@H]1C[C@@]2(CN1C(=O)[C@@H](NC(=O)N[C@H](CN(C)S(=O)(=O)N1CCN(C)CC1)C(C)(C)C)C(C)(C)C)C(C)(C)C21CCC1)C(=O)C(=O)NC1CC1. The Balaban J connectivity index is 1.36. The van der Waals surface area contributed by atoms with Gasteiger partial charge in [0.25, 0.3) is 16.1 Å². The molecule has 2 aliphatic heterocycles. The van der Waals surface area contributed by atoms with Crippen LogP contribution in [0.15, 0.2) is 0 Å². The molecule has 0 aromatic carbocycles. The van der Waals surface area contributed by atoms with Crippen LogP contribution in [0.2, 0.25) is 0 Å². The lowest BCUT2D eigenvalue weighted by atomic mass is 9.73. The predicted octanol–water partition coefficient (Wildman–Crippen LogP) is 2.47. The van der Waals surface area contributed by atoms with Crippen LogP contribution in [0, 0.1) is 27.1 Å². The van der Waals surface area contributed by atoms with Crippen LogP contribution in [0.3, 0.4) is 0 Å². The molecular formula is C40H70N8O7S. The molecule has 5 rings (SSSR count). The van der Waals surface area contributed by atoms with Gasteiger partial charge < -0.3 is 31.1 Å². The number of amides is 5. The number of hydrogen-bond donors (Lipinski definition) is 4. The number of Topliss-reactive ketones (excluding diaryl/α,β-unsaturated/α-hetero) is 1. The summed E-state index contributed by atoms with van der Waals surface area (Å²) in [4.78, 5) is 73.1. The Bertz CT molecular complexity index is 1640. The summed E-state index contributed by atoms with van der Waals surface area (Å²) >= 11 is 0. The maximum absolute atomic E-state index is 14.9. The van der Waals surface area contributed by atoms with Crippen LogP contribution in [0.1, 0.15) is 114 Å². The van der Waals surface area contributed by atoms with Gasteiger partial charge in [0.15, 0.2) is 0 Å². The number of carbonyl (C=O) groups excluding carboxylic acids is 5. The van der Waals surface area contributed by atoms with Crippen molar-refractivity contribution in [1.29, 1.82) is 0 Å². The Labute approximate surface area is 335 Å². The lowest BCUT2D eigenvalue weighted by Crippen LogP contribution is -2.62.